The lowest BCUT2D eigenvalue weighted by molar-refractivity contribution is 0.190. The molecule has 0 radical (unpaired) electrons. The zero-order valence-electron chi connectivity index (χ0n) is 13.5. The lowest BCUT2D eigenvalue weighted by Gasteiger charge is -2.30. The number of hydrogen-bond acceptors (Lipinski definition) is 7. The Labute approximate surface area is 145 Å². The monoisotopic (exact) mass is 349 g/mol. The molecule has 1 saturated heterocycles. The van der Waals surface area contributed by atoms with E-state index in [2.05, 4.69) is 32.3 Å². The number of piperazine rings is 1. The number of nitrogens with one attached hydrogen (secondary N) is 1. The number of ether oxygens (including phenoxy) is 1. The highest BCUT2D eigenvalue weighted by molar-refractivity contribution is 6.30. The van der Waals surface area contributed by atoms with Gasteiger partial charge in [0.15, 0.2) is 5.82 Å². The molecule has 1 unspecified atom stereocenters. The van der Waals surface area contributed by atoms with E-state index in [0.29, 0.717) is 24.1 Å². The van der Waals surface area contributed by atoms with Crippen LogP contribution in [0.15, 0.2) is 22.7 Å². The van der Waals surface area contributed by atoms with Gasteiger partial charge in [-0.1, -0.05) is 16.8 Å². The summed E-state index contributed by atoms with van der Waals surface area (Å²) in [5, 5.41) is 8.23. The molecule has 4 rings (SSSR count). The summed E-state index contributed by atoms with van der Waals surface area (Å²) in [6.45, 7) is 4.74. The molecule has 3 heterocycles. The Kier molecular flexibility index (Phi) is 4.30. The average Bonchev–Trinajstić information content (AvgIpc) is 3.04. The van der Waals surface area contributed by atoms with Crippen molar-refractivity contribution in [2.24, 2.45) is 0 Å². The van der Waals surface area contributed by atoms with Gasteiger partial charge in [0, 0.05) is 24.7 Å². The van der Waals surface area contributed by atoms with Crippen LogP contribution in [-0.4, -0.2) is 54.9 Å². The maximum absolute atomic E-state index is 6.12. The van der Waals surface area contributed by atoms with Gasteiger partial charge in [-0.2, -0.15) is 4.98 Å². The molecule has 0 bridgehead atoms. The third-order valence-electron chi connectivity index (χ3n) is 4.50. The molecule has 0 spiro atoms. The van der Waals surface area contributed by atoms with Gasteiger partial charge in [-0.3, -0.25) is 4.90 Å². The molecular weight excluding hydrogens is 330 g/mol. The van der Waals surface area contributed by atoms with Crippen LogP contribution in [0.4, 0.5) is 5.69 Å². The van der Waals surface area contributed by atoms with Crippen molar-refractivity contribution >= 4 is 17.3 Å². The molecule has 0 saturated carbocycles. The van der Waals surface area contributed by atoms with Crippen LogP contribution in [0.2, 0.25) is 5.02 Å². The molecule has 1 aromatic heterocycles. The Balaban J connectivity index is 1.52. The van der Waals surface area contributed by atoms with Gasteiger partial charge in [0.1, 0.15) is 12.4 Å². The number of anilines is 1. The van der Waals surface area contributed by atoms with Crippen molar-refractivity contribution in [2.75, 3.05) is 44.7 Å². The summed E-state index contributed by atoms with van der Waals surface area (Å²) in [4.78, 5) is 9.00. The Bertz CT molecular complexity index is 722. The highest BCUT2D eigenvalue weighted by atomic mass is 35.5. The second-order valence-electron chi connectivity index (χ2n) is 6.13. The minimum absolute atomic E-state index is 0.155. The molecule has 0 aliphatic carbocycles. The molecular formula is C16H20ClN5O2. The van der Waals surface area contributed by atoms with Crippen molar-refractivity contribution in [3.8, 4) is 5.75 Å². The van der Waals surface area contributed by atoms with E-state index >= 15 is 0 Å². The second kappa shape index (κ2) is 6.58. The quantitative estimate of drug-likeness (QED) is 0.904. The first-order chi connectivity index (χ1) is 11.7. The van der Waals surface area contributed by atoms with Crippen molar-refractivity contribution in [3.63, 3.8) is 0 Å². The summed E-state index contributed by atoms with van der Waals surface area (Å²) >= 11 is 6.12. The number of rotatable bonds is 3. The van der Waals surface area contributed by atoms with Gasteiger partial charge in [0.2, 0.25) is 5.89 Å². The fourth-order valence-electron chi connectivity index (χ4n) is 3.14. The van der Waals surface area contributed by atoms with E-state index in [1.54, 1.807) is 0 Å². The van der Waals surface area contributed by atoms with E-state index in [9.17, 15) is 0 Å². The van der Waals surface area contributed by atoms with Gasteiger partial charge in [-0.25, -0.2) is 0 Å². The standard InChI is InChI=1S/C16H20ClN5O2/c1-21-5-4-18-9-13(21)16-19-15(24-20-16)10-22-6-7-23-14-3-2-11(17)8-12(14)22/h2-3,8,13,18H,4-7,9-10H2,1H3. The molecule has 1 aromatic carbocycles. The van der Waals surface area contributed by atoms with Crippen molar-refractivity contribution in [1.29, 1.82) is 0 Å². The summed E-state index contributed by atoms with van der Waals surface area (Å²) in [7, 11) is 2.09. The normalized spacial score (nSPS) is 21.4. The predicted molar refractivity (Wildman–Crippen MR) is 90.5 cm³/mol. The van der Waals surface area contributed by atoms with Crippen LogP contribution in [-0.2, 0) is 6.54 Å². The number of halogens is 1. The van der Waals surface area contributed by atoms with Gasteiger partial charge in [-0.05, 0) is 25.2 Å². The Morgan fingerprint density at radius 3 is 3.17 bits per heavy atom. The maximum atomic E-state index is 6.12. The van der Waals surface area contributed by atoms with Crippen molar-refractivity contribution < 1.29 is 9.26 Å². The molecule has 2 aromatic rings. The van der Waals surface area contributed by atoms with Crippen molar-refractivity contribution in [2.45, 2.75) is 12.6 Å². The molecule has 1 N–H and O–H groups in total. The summed E-state index contributed by atoms with van der Waals surface area (Å²) < 4.78 is 11.2. The molecule has 1 fully saturated rings. The first kappa shape index (κ1) is 15.7. The predicted octanol–water partition coefficient (Wildman–Crippen LogP) is 1.70. The molecule has 128 valence electrons. The number of likely N-dealkylation sites (N-methyl/N-ethyl adjacent to an activating group) is 1. The third-order valence-corrected chi connectivity index (χ3v) is 4.73. The van der Waals surface area contributed by atoms with E-state index in [1.807, 2.05) is 18.2 Å². The van der Waals surface area contributed by atoms with Crippen molar-refractivity contribution in [3.05, 3.63) is 34.9 Å². The summed E-state index contributed by atoms with van der Waals surface area (Å²) in [5.41, 5.74) is 0.963. The minimum atomic E-state index is 0.155. The third kappa shape index (κ3) is 3.07. The lowest BCUT2D eigenvalue weighted by atomic mass is 10.2. The van der Waals surface area contributed by atoms with Crippen LogP contribution in [0.5, 0.6) is 5.75 Å². The van der Waals surface area contributed by atoms with E-state index in [1.165, 1.54) is 0 Å². The SMILES string of the molecule is CN1CCNCC1c1noc(CN2CCOc3ccc(Cl)cc32)n1. The van der Waals surface area contributed by atoms with Crippen LogP contribution in [0, 0.1) is 0 Å². The van der Waals surface area contributed by atoms with Crippen LogP contribution < -0.4 is 15.0 Å². The number of fused-ring (bicyclic) bond motifs is 1. The highest BCUT2D eigenvalue weighted by Crippen LogP contribution is 2.34. The second-order valence-corrected chi connectivity index (χ2v) is 6.57. The van der Waals surface area contributed by atoms with E-state index in [-0.39, 0.29) is 6.04 Å². The smallest absolute Gasteiger partial charge is 0.246 e. The molecule has 1 atom stereocenters. The molecule has 7 nitrogen and oxygen atoms in total. The van der Waals surface area contributed by atoms with Gasteiger partial charge < -0.3 is 19.5 Å². The first-order valence-electron chi connectivity index (χ1n) is 8.11. The number of nitrogens with zero attached hydrogens (tertiary/aromatic N) is 4. The molecule has 24 heavy (non-hydrogen) atoms. The fraction of sp³-hybridized carbons (Fsp3) is 0.500. The number of benzene rings is 1. The largest absolute Gasteiger partial charge is 0.490 e. The average molecular weight is 350 g/mol. The van der Waals surface area contributed by atoms with Crippen LogP contribution >= 0.6 is 11.6 Å². The topological polar surface area (TPSA) is 66.7 Å². The van der Waals surface area contributed by atoms with Crippen molar-refractivity contribution in [1.82, 2.24) is 20.4 Å². The van der Waals surface area contributed by atoms with E-state index < -0.39 is 0 Å². The van der Waals surface area contributed by atoms with Crippen LogP contribution in [0.3, 0.4) is 0 Å². The Hall–Kier alpha value is -1.83. The van der Waals surface area contributed by atoms with Gasteiger partial charge >= 0.3 is 0 Å². The minimum Gasteiger partial charge on any atom is -0.490 e. The Morgan fingerprint density at radius 2 is 2.29 bits per heavy atom. The van der Waals surface area contributed by atoms with Crippen LogP contribution in [0.1, 0.15) is 17.8 Å². The lowest BCUT2D eigenvalue weighted by Crippen LogP contribution is -2.44. The zero-order valence-corrected chi connectivity index (χ0v) is 14.3. The van der Waals surface area contributed by atoms with Gasteiger partial charge in [0.25, 0.3) is 0 Å². The summed E-state index contributed by atoms with van der Waals surface area (Å²) in [5.74, 6) is 2.18. The number of aromatic nitrogens is 2. The zero-order chi connectivity index (χ0) is 16.5. The maximum Gasteiger partial charge on any atom is 0.246 e. The summed E-state index contributed by atoms with van der Waals surface area (Å²) in [6.07, 6.45) is 0. The Morgan fingerprint density at radius 1 is 1.38 bits per heavy atom. The summed E-state index contributed by atoms with van der Waals surface area (Å²) in [6, 6.07) is 5.79. The highest BCUT2D eigenvalue weighted by Gasteiger charge is 2.26. The van der Waals surface area contributed by atoms with E-state index in [4.69, 9.17) is 20.9 Å². The number of hydrogen-bond donors (Lipinski definition) is 1. The van der Waals surface area contributed by atoms with E-state index in [0.717, 1.165) is 43.4 Å². The van der Waals surface area contributed by atoms with Crippen LogP contribution in [0.25, 0.3) is 0 Å². The fourth-order valence-corrected chi connectivity index (χ4v) is 3.30. The van der Waals surface area contributed by atoms with Gasteiger partial charge in [0.05, 0.1) is 24.8 Å². The molecule has 8 heteroatoms. The van der Waals surface area contributed by atoms with Gasteiger partial charge in [-0.15, -0.1) is 0 Å². The first-order valence-corrected chi connectivity index (χ1v) is 8.49. The molecule has 2 aliphatic heterocycles. The molecule has 0 amide bonds. The molecule has 2 aliphatic rings.